The van der Waals surface area contributed by atoms with E-state index in [9.17, 15) is 9.59 Å². The van der Waals surface area contributed by atoms with Crippen LogP contribution in [0.25, 0.3) is 5.00 Å². The van der Waals surface area contributed by atoms with Crippen LogP contribution in [0.3, 0.4) is 0 Å². The van der Waals surface area contributed by atoms with E-state index >= 15 is 0 Å². The number of rotatable bonds is 6. The predicted molar refractivity (Wildman–Crippen MR) is 116 cm³/mol. The normalized spacial score (nSPS) is 11.7. The van der Waals surface area contributed by atoms with E-state index < -0.39 is 5.97 Å². The van der Waals surface area contributed by atoms with Crippen LogP contribution < -0.4 is 10.6 Å². The van der Waals surface area contributed by atoms with Gasteiger partial charge < -0.3 is 19.9 Å². The van der Waals surface area contributed by atoms with Crippen LogP contribution in [0.4, 0.5) is 10.5 Å². The van der Waals surface area contributed by atoms with Crippen molar-refractivity contribution in [1.29, 1.82) is 0 Å². The first-order valence-electron chi connectivity index (χ1n) is 9.49. The Hall–Kier alpha value is -3.06. The maximum Gasteiger partial charge on any atom is 0.340 e. The molecule has 2 heterocycles. The number of esters is 1. The van der Waals surface area contributed by atoms with Crippen LogP contribution in [0.2, 0.25) is 0 Å². The highest BCUT2D eigenvalue weighted by Gasteiger charge is 2.21. The number of thiophene rings is 1. The number of hydrogen-bond donors (Lipinski definition) is 2. The predicted octanol–water partition coefficient (Wildman–Crippen LogP) is 5.22. The largest absolute Gasteiger partial charge is 0.462 e. The molecule has 0 aliphatic heterocycles. The second-order valence-electron chi connectivity index (χ2n) is 6.68. The molecule has 7 heteroatoms. The zero-order valence-electron chi connectivity index (χ0n) is 17.0. The molecule has 2 aromatic heterocycles. The summed E-state index contributed by atoms with van der Waals surface area (Å²) >= 11 is 1.70. The number of carbonyl (C=O) groups is 2. The fourth-order valence-electron chi connectivity index (χ4n) is 3.20. The number of carbonyl (C=O) groups excluding carboxylic acids is 2. The lowest BCUT2D eigenvalue weighted by Crippen LogP contribution is -2.32. The van der Waals surface area contributed by atoms with Crippen LogP contribution in [-0.4, -0.2) is 23.2 Å². The van der Waals surface area contributed by atoms with Crippen LogP contribution in [0.15, 0.2) is 48.8 Å². The fourth-order valence-corrected chi connectivity index (χ4v) is 4.42. The van der Waals surface area contributed by atoms with Crippen LogP contribution in [0.1, 0.15) is 46.3 Å². The maximum absolute atomic E-state index is 12.7. The molecule has 1 atom stereocenters. The van der Waals surface area contributed by atoms with Crippen molar-refractivity contribution in [3.05, 3.63) is 70.4 Å². The molecule has 3 rings (SSSR count). The lowest BCUT2D eigenvalue weighted by atomic mass is 10.1. The second kappa shape index (κ2) is 8.96. The van der Waals surface area contributed by atoms with Gasteiger partial charge in [0.15, 0.2) is 0 Å². The van der Waals surface area contributed by atoms with Crippen LogP contribution >= 0.6 is 11.3 Å². The first-order chi connectivity index (χ1) is 13.9. The highest BCUT2D eigenvalue weighted by Crippen LogP contribution is 2.35. The number of amides is 2. The molecule has 2 N–H and O–H groups in total. The van der Waals surface area contributed by atoms with Gasteiger partial charge in [-0.1, -0.05) is 12.1 Å². The number of urea groups is 1. The standard InChI is InChI=1S/C22H25N3O3S/c1-5-28-21(26)17-10-6-7-11-18(17)24-22(27)23-15(3)19-14(2)16(4)29-20(19)25-12-8-9-13-25/h6-13,15H,5H2,1-4H3,(H2,23,24,27)/t15-/m1/s1. The number of benzene rings is 1. The van der Waals surface area contributed by atoms with Crippen LogP contribution in [0.5, 0.6) is 0 Å². The van der Waals surface area contributed by atoms with Gasteiger partial charge in [0.2, 0.25) is 0 Å². The summed E-state index contributed by atoms with van der Waals surface area (Å²) in [7, 11) is 0. The molecule has 0 aliphatic rings. The molecule has 0 radical (unpaired) electrons. The van der Waals surface area contributed by atoms with Crippen molar-refractivity contribution in [3.8, 4) is 5.00 Å². The zero-order valence-corrected chi connectivity index (χ0v) is 17.8. The minimum Gasteiger partial charge on any atom is -0.462 e. The third-order valence-electron chi connectivity index (χ3n) is 4.70. The fraction of sp³-hybridized carbons (Fsp3) is 0.273. The highest BCUT2D eigenvalue weighted by molar-refractivity contribution is 7.14. The molecule has 6 nitrogen and oxygen atoms in total. The van der Waals surface area contributed by atoms with Gasteiger partial charge in [0, 0.05) is 22.8 Å². The van der Waals surface area contributed by atoms with Crippen molar-refractivity contribution in [2.45, 2.75) is 33.7 Å². The summed E-state index contributed by atoms with van der Waals surface area (Å²) in [5.74, 6) is -0.462. The molecule has 0 saturated heterocycles. The van der Waals surface area contributed by atoms with Gasteiger partial charge in [-0.3, -0.25) is 0 Å². The van der Waals surface area contributed by atoms with Gasteiger partial charge in [-0.15, -0.1) is 11.3 Å². The smallest absolute Gasteiger partial charge is 0.340 e. The number of nitrogens with zero attached hydrogens (tertiary/aromatic N) is 1. The summed E-state index contributed by atoms with van der Waals surface area (Å²) in [5, 5.41) is 6.85. The summed E-state index contributed by atoms with van der Waals surface area (Å²) in [6.07, 6.45) is 3.99. The molecule has 0 bridgehead atoms. The summed E-state index contributed by atoms with van der Waals surface area (Å²) in [6, 6.07) is 10.2. The van der Waals surface area contributed by atoms with Gasteiger partial charge in [0.25, 0.3) is 0 Å². The Morgan fingerprint density at radius 3 is 2.52 bits per heavy atom. The highest BCUT2D eigenvalue weighted by atomic mass is 32.1. The number of anilines is 1. The number of hydrogen-bond acceptors (Lipinski definition) is 4. The van der Waals surface area contributed by atoms with Crippen molar-refractivity contribution in [2.75, 3.05) is 11.9 Å². The number of aromatic nitrogens is 1. The van der Waals surface area contributed by atoms with E-state index in [1.807, 2.05) is 31.5 Å². The van der Waals surface area contributed by atoms with E-state index in [-0.39, 0.29) is 18.7 Å². The minimum atomic E-state index is -0.462. The molecule has 0 spiro atoms. The SMILES string of the molecule is CCOC(=O)c1ccccc1NC(=O)N[C@H](C)c1c(-n2cccc2)sc(C)c1C. The van der Waals surface area contributed by atoms with Gasteiger partial charge in [-0.05, 0) is 57.5 Å². The third-order valence-corrected chi connectivity index (χ3v) is 5.94. The van der Waals surface area contributed by atoms with Crippen molar-refractivity contribution in [2.24, 2.45) is 0 Å². The average molecular weight is 412 g/mol. The first kappa shape index (κ1) is 20.7. The maximum atomic E-state index is 12.7. The summed E-state index contributed by atoms with van der Waals surface area (Å²) in [5.41, 5.74) is 2.99. The summed E-state index contributed by atoms with van der Waals surface area (Å²) in [6.45, 7) is 8.13. The van der Waals surface area contributed by atoms with Gasteiger partial charge >= 0.3 is 12.0 Å². The van der Waals surface area contributed by atoms with Gasteiger partial charge in [0.05, 0.1) is 23.9 Å². The molecular formula is C22H25N3O3S. The van der Waals surface area contributed by atoms with Crippen LogP contribution in [-0.2, 0) is 4.74 Å². The number of nitrogens with one attached hydrogen (secondary N) is 2. The van der Waals surface area contributed by atoms with Gasteiger partial charge in [-0.25, -0.2) is 9.59 Å². The molecule has 3 aromatic rings. The van der Waals surface area contributed by atoms with E-state index in [0.29, 0.717) is 11.3 Å². The lowest BCUT2D eigenvalue weighted by Gasteiger charge is -2.18. The Kier molecular flexibility index (Phi) is 6.39. The quantitative estimate of drug-likeness (QED) is 0.547. The topological polar surface area (TPSA) is 72.4 Å². The molecule has 152 valence electrons. The van der Waals surface area contributed by atoms with Gasteiger partial charge in [-0.2, -0.15) is 0 Å². The van der Waals surface area contributed by atoms with Crippen LogP contribution in [0, 0.1) is 13.8 Å². The Bertz CT molecular complexity index is 1010. The van der Waals surface area contributed by atoms with E-state index in [1.54, 1.807) is 42.5 Å². The van der Waals surface area contributed by atoms with E-state index in [2.05, 4.69) is 29.0 Å². The lowest BCUT2D eigenvalue weighted by molar-refractivity contribution is 0.0527. The molecule has 0 fully saturated rings. The molecule has 2 amide bonds. The van der Waals surface area contributed by atoms with E-state index in [0.717, 1.165) is 10.6 Å². The zero-order chi connectivity index (χ0) is 21.0. The number of para-hydroxylation sites is 1. The monoisotopic (exact) mass is 411 g/mol. The first-order valence-corrected chi connectivity index (χ1v) is 10.3. The Balaban J connectivity index is 1.79. The second-order valence-corrected chi connectivity index (χ2v) is 7.88. The van der Waals surface area contributed by atoms with Gasteiger partial charge in [0.1, 0.15) is 5.00 Å². The summed E-state index contributed by atoms with van der Waals surface area (Å²) < 4.78 is 7.13. The molecule has 0 saturated carbocycles. The minimum absolute atomic E-state index is 0.216. The molecule has 0 unspecified atom stereocenters. The molecular weight excluding hydrogens is 386 g/mol. The number of aryl methyl sites for hydroxylation is 1. The van der Waals surface area contributed by atoms with Crippen molar-refractivity contribution in [1.82, 2.24) is 9.88 Å². The van der Waals surface area contributed by atoms with E-state index in [4.69, 9.17) is 4.74 Å². The Labute approximate surface area is 174 Å². The molecule has 1 aromatic carbocycles. The van der Waals surface area contributed by atoms with Crippen molar-refractivity contribution >= 4 is 29.0 Å². The van der Waals surface area contributed by atoms with Crippen molar-refractivity contribution in [3.63, 3.8) is 0 Å². The Morgan fingerprint density at radius 2 is 1.83 bits per heavy atom. The third kappa shape index (κ3) is 4.51. The average Bonchev–Trinajstić information content (AvgIpc) is 3.31. The van der Waals surface area contributed by atoms with Crippen molar-refractivity contribution < 1.29 is 14.3 Å². The van der Waals surface area contributed by atoms with E-state index in [1.165, 1.54) is 10.4 Å². The summed E-state index contributed by atoms with van der Waals surface area (Å²) in [4.78, 5) is 26.0. The molecule has 0 aliphatic carbocycles. The Morgan fingerprint density at radius 1 is 1.14 bits per heavy atom. The molecule has 29 heavy (non-hydrogen) atoms. The number of ether oxygens (including phenoxy) is 1.